The molecule has 0 spiro atoms. The molecule has 35 heavy (non-hydrogen) atoms. The molecule has 1 N–H and O–H groups in total. The van der Waals surface area contributed by atoms with Crippen molar-refractivity contribution in [1.82, 2.24) is 20.4 Å². The first kappa shape index (κ1) is 24.1. The predicted molar refractivity (Wildman–Crippen MR) is 135 cm³/mol. The standard InChI is InChI=1S/C26H28Cl2N4O3/c1-34-19-8-10-20-16(12-19)4-2-6-23(20)29-26(33)17-5-3-11-32(14-17)15-24-30-25(31-35-24)21-9-7-18(27)13-22(21)28/h7-10,12-13,17,23H,2-6,11,14-15H2,1H3,(H,29,33). The Morgan fingerprint density at radius 1 is 1.20 bits per heavy atom. The number of carbonyl (C=O) groups is 1. The molecule has 9 heteroatoms. The Morgan fingerprint density at radius 2 is 2.09 bits per heavy atom. The first-order chi connectivity index (χ1) is 17.0. The van der Waals surface area contributed by atoms with Gasteiger partial charge in [-0.1, -0.05) is 34.4 Å². The molecule has 2 heterocycles. The molecule has 2 atom stereocenters. The lowest BCUT2D eigenvalue weighted by Gasteiger charge is -2.33. The topological polar surface area (TPSA) is 80.5 Å². The normalized spacial score (nSPS) is 20.3. The summed E-state index contributed by atoms with van der Waals surface area (Å²) in [5.41, 5.74) is 3.14. The van der Waals surface area contributed by atoms with Crippen LogP contribution in [0.3, 0.4) is 0 Å². The SMILES string of the molecule is COc1ccc2c(c1)CCCC2NC(=O)C1CCCN(Cc2nc(-c3ccc(Cl)cc3Cl)no2)C1. The second kappa shape index (κ2) is 10.6. The van der Waals surface area contributed by atoms with Gasteiger partial charge in [0.15, 0.2) is 0 Å². The molecule has 2 aromatic carbocycles. The van der Waals surface area contributed by atoms with Gasteiger partial charge in [0, 0.05) is 17.1 Å². The fourth-order valence-corrected chi connectivity index (χ4v) is 5.55. The zero-order chi connectivity index (χ0) is 24.4. The number of fused-ring (bicyclic) bond motifs is 1. The number of carbonyl (C=O) groups excluding carboxylic acids is 1. The monoisotopic (exact) mass is 514 g/mol. The number of benzene rings is 2. The molecule has 184 valence electrons. The molecule has 1 aliphatic heterocycles. The molecule has 3 aromatic rings. The Hall–Kier alpha value is -2.61. The van der Waals surface area contributed by atoms with Gasteiger partial charge in [-0.25, -0.2) is 0 Å². The van der Waals surface area contributed by atoms with Gasteiger partial charge in [0.25, 0.3) is 0 Å². The fourth-order valence-electron chi connectivity index (χ4n) is 5.06. The Kier molecular flexibility index (Phi) is 7.27. The minimum absolute atomic E-state index is 0.0511. The maximum Gasteiger partial charge on any atom is 0.241 e. The second-order valence-electron chi connectivity index (χ2n) is 9.23. The van der Waals surface area contributed by atoms with Crippen LogP contribution in [0.4, 0.5) is 0 Å². The first-order valence-corrected chi connectivity index (χ1v) is 12.7. The van der Waals surface area contributed by atoms with Crippen LogP contribution in [0.2, 0.25) is 10.0 Å². The van der Waals surface area contributed by atoms with Crippen LogP contribution in [0, 0.1) is 5.92 Å². The van der Waals surface area contributed by atoms with Crippen LogP contribution in [-0.2, 0) is 17.8 Å². The third-order valence-electron chi connectivity index (χ3n) is 6.86. The number of amides is 1. The Labute approximate surface area is 214 Å². The average molecular weight is 515 g/mol. The highest BCUT2D eigenvalue weighted by Crippen LogP contribution is 2.33. The van der Waals surface area contributed by atoms with E-state index < -0.39 is 0 Å². The number of halogens is 2. The van der Waals surface area contributed by atoms with E-state index in [2.05, 4.69) is 32.5 Å². The molecular formula is C26H28Cl2N4O3. The molecule has 1 saturated heterocycles. The lowest BCUT2D eigenvalue weighted by molar-refractivity contribution is -0.127. The van der Waals surface area contributed by atoms with Crippen molar-refractivity contribution < 1.29 is 14.1 Å². The number of aromatic nitrogens is 2. The van der Waals surface area contributed by atoms with Crippen molar-refractivity contribution in [3.63, 3.8) is 0 Å². The summed E-state index contributed by atoms with van der Waals surface area (Å²) in [5.74, 6) is 1.84. The summed E-state index contributed by atoms with van der Waals surface area (Å²) >= 11 is 12.3. The van der Waals surface area contributed by atoms with Gasteiger partial charge in [-0.2, -0.15) is 4.98 Å². The van der Waals surface area contributed by atoms with Gasteiger partial charge < -0.3 is 14.6 Å². The molecule has 1 aromatic heterocycles. The highest BCUT2D eigenvalue weighted by Gasteiger charge is 2.30. The van der Waals surface area contributed by atoms with E-state index in [1.54, 1.807) is 25.3 Å². The van der Waals surface area contributed by atoms with E-state index in [-0.39, 0.29) is 17.9 Å². The minimum atomic E-state index is -0.0690. The molecule has 7 nitrogen and oxygen atoms in total. The van der Waals surface area contributed by atoms with Gasteiger partial charge in [-0.3, -0.25) is 9.69 Å². The molecule has 0 bridgehead atoms. The van der Waals surface area contributed by atoms with Gasteiger partial charge in [0.2, 0.25) is 17.6 Å². The van der Waals surface area contributed by atoms with Crippen LogP contribution in [-0.4, -0.2) is 41.1 Å². The van der Waals surface area contributed by atoms with Crippen molar-refractivity contribution in [2.24, 2.45) is 5.92 Å². The predicted octanol–water partition coefficient (Wildman–Crippen LogP) is 5.46. The van der Waals surface area contributed by atoms with Gasteiger partial charge in [-0.05, 0) is 80.1 Å². The molecule has 1 fully saturated rings. The summed E-state index contributed by atoms with van der Waals surface area (Å²) in [5, 5.41) is 8.43. The summed E-state index contributed by atoms with van der Waals surface area (Å²) in [7, 11) is 1.68. The summed E-state index contributed by atoms with van der Waals surface area (Å²) in [6, 6.07) is 11.4. The smallest absolute Gasteiger partial charge is 0.241 e. The van der Waals surface area contributed by atoms with E-state index in [1.165, 1.54) is 11.1 Å². The van der Waals surface area contributed by atoms with E-state index in [1.807, 2.05) is 6.07 Å². The lowest BCUT2D eigenvalue weighted by atomic mass is 9.86. The molecule has 1 aliphatic carbocycles. The highest BCUT2D eigenvalue weighted by atomic mass is 35.5. The van der Waals surface area contributed by atoms with Gasteiger partial charge in [-0.15, -0.1) is 0 Å². The molecule has 2 aliphatic rings. The number of methoxy groups -OCH3 is 1. The van der Waals surface area contributed by atoms with Crippen molar-refractivity contribution in [1.29, 1.82) is 0 Å². The maximum absolute atomic E-state index is 13.2. The van der Waals surface area contributed by atoms with Gasteiger partial charge in [0.05, 0.1) is 30.6 Å². The van der Waals surface area contributed by atoms with Crippen molar-refractivity contribution >= 4 is 29.1 Å². The third kappa shape index (κ3) is 5.47. The zero-order valence-corrected chi connectivity index (χ0v) is 21.1. The van der Waals surface area contributed by atoms with Crippen LogP contribution >= 0.6 is 23.2 Å². The van der Waals surface area contributed by atoms with E-state index >= 15 is 0 Å². The van der Waals surface area contributed by atoms with Crippen LogP contribution in [0.25, 0.3) is 11.4 Å². The van der Waals surface area contributed by atoms with Crippen LogP contribution in [0.5, 0.6) is 5.75 Å². The largest absolute Gasteiger partial charge is 0.497 e. The highest BCUT2D eigenvalue weighted by molar-refractivity contribution is 6.36. The molecule has 0 radical (unpaired) electrons. The zero-order valence-electron chi connectivity index (χ0n) is 19.6. The van der Waals surface area contributed by atoms with Crippen molar-refractivity contribution in [3.8, 4) is 17.1 Å². The number of nitrogens with one attached hydrogen (secondary N) is 1. The quantitative estimate of drug-likeness (QED) is 0.470. The molecule has 1 amide bonds. The summed E-state index contributed by atoms with van der Waals surface area (Å²) in [6.45, 7) is 2.04. The summed E-state index contributed by atoms with van der Waals surface area (Å²) < 4.78 is 10.8. The molecule has 2 unspecified atom stereocenters. The number of ether oxygens (including phenoxy) is 1. The van der Waals surface area contributed by atoms with Crippen LogP contribution in [0.15, 0.2) is 40.9 Å². The van der Waals surface area contributed by atoms with Crippen molar-refractivity contribution in [2.75, 3.05) is 20.2 Å². The lowest BCUT2D eigenvalue weighted by Crippen LogP contribution is -2.44. The Bertz CT molecular complexity index is 1220. The van der Waals surface area contributed by atoms with Crippen molar-refractivity contribution in [2.45, 2.75) is 44.7 Å². The van der Waals surface area contributed by atoms with Gasteiger partial charge in [0.1, 0.15) is 5.75 Å². The molecular weight excluding hydrogens is 487 g/mol. The summed E-state index contributed by atoms with van der Waals surface area (Å²) in [4.78, 5) is 19.9. The number of hydrogen-bond acceptors (Lipinski definition) is 6. The molecule has 0 saturated carbocycles. The number of rotatable bonds is 6. The van der Waals surface area contributed by atoms with E-state index in [0.717, 1.165) is 44.4 Å². The second-order valence-corrected chi connectivity index (χ2v) is 10.1. The maximum atomic E-state index is 13.2. The van der Waals surface area contributed by atoms with E-state index in [0.29, 0.717) is 40.4 Å². The number of piperidine rings is 1. The fraction of sp³-hybridized carbons (Fsp3) is 0.423. The number of hydrogen-bond donors (Lipinski definition) is 1. The van der Waals surface area contributed by atoms with Crippen LogP contribution in [0.1, 0.15) is 48.7 Å². The third-order valence-corrected chi connectivity index (χ3v) is 7.40. The van der Waals surface area contributed by atoms with E-state index in [9.17, 15) is 4.79 Å². The summed E-state index contributed by atoms with van der Waals surface area (Å²) in [6.07, 6.45) is 4.85. The first-order valence-electron chi connectivity index (χ1n) is 12.0. The van der Waals surface area contributed by atoms with Crippen molar-refractivity contribution in [3.05, 3.63) is 63.5 Å². The number of likely N-dealkylation sites (tertiary alicyclic amines) is 1. The van der Waals surface area contributed by atoms with Crippen LogP contribution < -0.4 is 10.1 Å². The number of aryl methyl sites for hydroxylation is 1. The van der Waals surface area contributed by atoms with Gasteiger partial charge >= 0.3 is 0 Å². The number of nitrogens with zero attached hydrogens (tertiary/aromatic N) is 3. The Balaban J connectivity index is 1.21. The van der Waals surface area contributed by atoms with E-state index in [4.69, 9.17) is 32.5 Å². The average Bonchev–Trinajstić information content (AvgIpc) is 3.32. The molecule has 5 rings (SSSR count). The Morgan fingerprint density at radius 3 is 2.91 bits per heavy atom. The minimum Gasteiger partial charge on any atom is -0.497 e.